The Morgan fingerprint density at radius 3 is 2.96 bits per heavy atom. The molecule has 6 aliphatic rings. The molecular formula is C22H24N2O. The van der Waals surface area contributed by atoms with E-state index in [4.69, 9.17) is 4.74 Å². The normalized spacial score (nSPS) is 48.0. The summed E-state index contributed by atoms with van der Waals surface area (Å²) in [4.78, 5) is 2.55. The monoisotopic (exact) mass is 332 g/mol. The van der Waals surface area contributed by atoms with E-state index in [9.17, 15) is 5.26 Å². The zero-order chi connectivity index (χ0) is 17.2. The molecule has 0 unspecified atom stereocenters. The first-order chi connectivity index (χ1) is 12.0. The topological polar surface area (TPSA) is 36.3 Å². The fourth-order valence-electron chi connectivity index (χ4n) is 7.36. The van der Waals surface area contributed by atoms with Crippen molar-refractivity contribution in [3.05, 3.63) is 41.0 Å². The summed E-state index contributed by atoms with van der Waals surface area (Å²) in [5, 5.41) is 9.97. The molecule has 2 spiro atoms. The van der Waals surface area contributed by atoms with Gasteiger partial charge >= 0.3 is 0 Å². The van der Waals surface area contributed by atoms with E-state index in [-0.39, 0.29) is 28.3 Å². The molecule has 25 heavy (non-hydrogen) atoms. The Labute approximate surface area is 149 Å². The second-order valence-electron chi connectivity index (χ2n) is 9.29. The van der Waals surface area contributed by atoms with Crippen LogP contribution >= 0.6 is 0 Å². The number of ether oxygens (including phenoxy) is 1. The van der Waals surface area contributed by atoms with E-state index in [1.54, 1.807) is 0 Å². The largest absolute Gasteiger partial charge is 0.488 e. The van der Waals surface area contributed by atoms with E-state index >= 15 is 0 Å². The Balaban J connectivity index is 1.75. The molecule has 0 amide bonds. The van der Waals surface area contributed by atoms with Gasteiger partial charge < -0.3 is 9.64 Å². The summed E-state index contributed by atoms with van der Waals surface area (Å²) in [6.07, 6.45) is 8.18. The second-order valence-corrected chi connectivity index (χ2v) is 9.29. The second kappa shape index (κ2) is 3.96. The molecule has 2 aliphatic heterocycles. The average Bonchev–Trinajstić information content (AvgIpc) is 2.98. The lowest BCUT2D eigenvalue weighted by molar-refractivity contribution is -0.154. The number of nitriles is 1. The van der Waals surface area contributed by atoms with Crippen LogP contribution in [0, 0.1) is 35.0 Å². The van der Waals surface area contributed by atoms with Crippen molar-refractivity contribution in [2.45, 2.75) is 50.7 Å². The molecule has 3 nitrogen and oxygen atoms in total. The van der Waals surface area contributed by atoms with Gasteiger partial charge in [-0.2, -0.15) is 5.26 Å². The third kappa shape index (κ3) is 1.22. The Kier molecular flexibility index (Phi) is 2.28. The van der Waals surface area contributed by atoms with Gasteiger partial charge in [0, 0.05) is 27.9 Å². The minimum Gasteiger partial charge on any atom is -0.488 e. The molecule has 1 saturated heterocycles. The predicted molar refractivity (Wildman–Crippen MR) is 95.4 cm³/mol. The van der Waals surface area contributed by atoms with E-state index in [1.807, 2.05) is 0 Å². The van der Waals surface area contributed by atoms with Gasteiger partial charge in [0.15, 0.2) is 0 Å². The summed E-state index contributed by atoms with van der Waals surface area (Å²) in [6, 6.07) is 7.71. The zero-order valence-electron chi connectivity index (χ0n) is 15.2. The van der Waals surface area contributed by atoms with E-state index in [0.717, 1.165) is 31.6 Å². The summed E-state index contributed by atoms with van der Waals surface area (Å²) in [7, 11) is 2.27. The van der Waals surface area contributed by atoms with Crippen molar-refractivity contribution < 1.29 is 4.74 Å². The predicted octanol–water partition coefficient (Wildman–Crippen LogP) is 3.36. The first kappa shape index (κ1) is 14.4. The summed E-state index contributed by atoms with van der Waals surface area (Å²) < 4.78 is 6.79. The van der Waals surface area contributed by atoms with E-state index < -0.39 is 0 Å². The molecule has 1 aromatic carbocycles. The highest BCUT2D eigenvalue weighted by Gasteiger charge is 2.77. The lowest BCUT2D eigenvalue weighted by Crippen LogP contribution is -2.76. The quantitative estimate of drug-likeness (QED) is 0.684. The number of nitrogens with zero attached hydrogens (tertiary/aromatic N) is 2. The molecule has 0 aromatic heterocycles. The lowest BCUT2D eigenvalue weighted by Gasteiger charge is -2.70. The Hall–Kier alpha value is -1.79. The van der Waals surface area contributed by atoms with Crippen LogP contribution in [0.25, 0.3) is 0 Å². The van der Waals surface area contributed by atoms with Crippen molar-refractivity contribution in [2.75, 3.05) is 13.6 Å². The maximum Gasteiger partial charge on any atom is 0.126 e. The lowest BCUT2D eigenvalue weighted by atomic mass is 9.35. The molecule has 1 aromatic rings. The molecule has 0 N–H and O–H groups in total. The standard InChI is InChI=1S/C22H24N2O/c1-13-4-5-14-10-16-21-7-6-20(2,15(11-21)12-23)19-22(21,8-9-24(16)3)17(14)18(13)25-19/h4-7,15-16,19H,8-11H2,1-3H3/t15-,16+,19-,20-,21+,22-/m0/s1. The molecule has 2 fully saturated rings. The van der Waals surface area contributed by atoms with Crippen molar-refractivity contribution in [1.29, 1.82) is 5.26 Å². The Bertz CT molecular complexity index is 898. The summed E-state index contributed by atoms with van der Waals surface area (Å²) in [6.45, 7) is 5.57. The van der Waals surface area contributed by atoms with Crippen LogP contribution in [0.3, 0.4) is 0 Å². The number of aryl methyl sites for hydroxylation is 1. The van der Waals surface area contributed by atoms with Gasteiger partial charge in [-0.1, -0.05) is 31.2 Å². The van der Waals surface area contributed by atoms with Gasteiger partial charge in [-0.25, -0.2) is 0 Å². The van der Waals surface area contributed by atoms with Crippen molar-refractivity contribution in [3.8, 4) is 11.8 Å². The first-order valence-electron chi connectivity index (χ1n) is 9.58. The van der Waals surface area contributed by atoms with Crippen molar-refractivity contribution in [2.24, 2.45) is 16.7 Å². The highest BCUT2D eigenvalue weighted by atomic mass is 16.5. The number of hydrogen-bond acceptors (Lipinski definition) is 3. The number of rotatable bonds is 0. The number of benzene rings is 1. The van der Waals surface area contributed by atoms with E-state index in [2.05, 4.69) is 56.1 Å². The van der Waals surface area contributed by atoms with Crippen LogP contribution in [0.4, 0.5) is 0 Å². The molecule has 1 saturated carbocycles. The Morgan fingerprint density at radius 1 is 1.32 bits per heavy atom. The van der Waals surface area contributed by atoms with E-state index in [1.165, 1.54) is 16.7 Å². The van der Waals surface area contributed by atoms with Crippen LogP contribution in [0.15, 0.2) is 24.3 Å². The van der Waals surface area contributed by atoms with Gasteiger partial charge in [0.2, 0.25) is 0 Å². The van der Waals surface area contributed by atoms with E-state index in [0.29, 0.717) is 6.04 Å². The highest BCUT2D eigenvalue weighted by molar-refractivity contribution is 5.62. The molecule has 3 heteroatoms. The Morgan fingerprint density at radius 2 is 2.16 bits per heavy atom. The molecular weight excluding hydrogens is 308 g/mol. The zero-order valence-corrected chi connectivity index (χ0v) is 15.2. The number of hydrogen-bond donors (Lipinski definition) is 0. The van der Waals surface area contributed by atoms with Crippen LogP contribution < -0.4 is 4.74 Å². The third-order valence-corrected chi connectivity index (χ3v) is 8.55. The molecule has 0 radical (unpaired) electrons. The molecule has 4 aliphatic carbocycles. The SMILES string of the molecule is Cc1ccc2c3c1O[C@H]1[C@@]4(C)C=C[C@@]5(C[C@H]4C#N)[C@@H](C2)N(C)CC[C@]315. The van der Waals surface area contributed by atoms with Crippen molar-refractivity contribution >= 4 is 0 Å². The molecule has 4 bridgehead atoms. The fourth-order valence-corrected chi connectivity index (χ4v) is 7.36. The van der Waals surface area contributed by atoms with Gasteiger partial charge in [-0.15, -0.1) is 0 Å². The van der Waals surface area contributed by atoms with Gasteiger partial charge in [0.1, 0.15) is 11.9 Å². The van der Waals surface area contributed by atoms with Crippen LogP contribution in [0.2, 0.25) is 0 Å². The van der Waals surface area contributed by atoms with Gasteiger partial charge in [0.05, 0.1) is 12.0 Å². The molecule has 2 heterocycles. The van der Waals surface area contributed by atoms with Gasteiger partial charge in [-0.3, -0.25) is 0 Å². The maximum absolute atomic E-state index is 9.97. The number of likely N-dealkylation sites (N-methyl/N-ethyl adjacent to an activating group) is 1. The summed E-state index contributed by atoms with van der Waals surface area (Å²) in [5.41, 5.74) is 4.19. The average molecular weight is 332 g/mol. The summed E-state index contributed by atoms with van der Waals surface area (Å²) in [5.74, 6) is 1.18. The van der Waals surface area contributed by atoms with Gasteiger partial charge in [0.25, 0.3) is 0 Å². The van der Waals surface area contributed by atoms with Crippen LogP contribution in [0.1, 0.15) is 36.5 Å². The number of piperidine rings is 1. The van der Waals surface area contributed by atoms with Gasteiger partial charge in [-0.05, 0) is 50.9 Å². The summed E-state index contributed by atoms with van der Waals surface area (Å²) >= 11 is 0. The van der Waals surface area contributed by atoms with Crippen molar-refractivity contribution in [3.63, 3.8) is 0 Å². The molecule has 6 atom stereocenters. The first-order valence-corrected chi connectivity index (χ1v) is 9.58. The molecule has 7 rings (SSSR count). The minimum absolute atomic E-state index is 0.0424. The smallest absolute Gasteiger partial charge is 0.126 e. The third-order valence-electron chi connectivity index (χ3n) is 8.55. The van der Waals surface area contributed by atoms with Crippen LogP contribution in [0.5, 0.6) is 5.75 Å². The van der Waals surface area contributed by atoms with Crippen molar-refractivity contribution in [1.82, 2.24) is 4.90 Å². The van der Waals surface area contributed by atoms with Crippen LogP contribution in [-0.2, 0) is 11.8 Å². The number of fused-ring (bicyclic) bond motifs is 1. The molecule has 128 valence electrons. The van der Waals surface area contributed by atoms with Crippen LogP contribution in [-0.4, -0.2) is 30.6 Å². The maximum atomic E-state index is 9.97. The highest BCUT2D eigenvalue weighted by Crippen LogP contribution is 2.75. The fraction of sp³-hybridized carbons (Fsp3) is 0.591. The number of likely N-dealkylation sites (tertiary alicyclic amines) is 1. The minimum atomic E-state index is -0.184.